The molecule has 1 aromatic heterocycles. The van der Waals surface area contributed by atoms with Crippen molar-refractivity contribution < 1.29 is 26.3 Å². The topological polar surface area (TPSA) is 25.8 Å². The maximum absolute atomic E-state index is 14.0. The molecule has 0 atom stereocenters. The van der Waals surface area contributed by atoms with Gasteiger partial charge in [-0.2, -0.15) is 26.3 Å². The summed E-state index contributed by atoms with van der Waals surface area (Å²) >= 11 is 0. The fraction of sp³-hybridized carbons (Fsp3) is 0.0769. The summed E-state index contributed by atoms with van der Waals surface area (Å²) in [6.07, 6.45) is -10.5. The lowest BCUT2D eigenvalue weighted by Crippen LogP contribution is -2.18. The van der Waals surface area contributed by atoms with Gasteiger partial charge in [0.1, 0.15) is 11.4 Å². The number of fused-ring (bicyclic) bond motifs is 2. The summed E-state index contributed by atoms with van der Waals surface area (Å²) in [5.41, 5.74) is -3.37. The third-order valence-corrected chi connectivity index (χ3v) is 5.60. The minimum absolute atomic E-state index is 0.265. The molecule has 4 aromatic carbocycles. The highest BCUT2D eigenvalue weighted by Crippen LogP contribution is 2.46. The zero-order chi connectivity index (χ0) is 24.1. The largest absolute Gasteiger partial charge is 0.417 e. The summed E-state index contributed by atoms with van der Waals surface area (Å²) in [6, 6.07) is 21.9. The van der Waals surface area contributed by atoms with Crippen molar-refractivity contribution in [2.45, 2.75) is 12.4 Å². The van der Waals surface area contributed by atoms with Crippen molar-refractivity contribution in [3.05, 3.63) is 96.1 Å². The van der Waals surface area contributed by atoms with E-state index in [4.69, 9.17) is 0 Å². The predicted octanol–water partition coefficient (Wildman–Crippen LogP) is 8.15. The van der Waals surface area contributed by atoms with Crippen LogP contribution in [-0.2, 0) is 12.4 Å². The molecule has 0 saturated heterocycles. The van der Waals surface area contributed by atoms with Crippen LogP contribution in [-0.4, -0.2) is 10.2 Å². The summed E-state index contributed by atoms with van der Waals surface area (Å²) in [5, 5.41) is 10.5. The summed E-state index contributed by atoms with van der Waals surface area (Å²) in [5.74, 6) is 0. The number of halogens is 6. The first-order chi connectivity index (χ1) is 16.1. The molecule has 1 heterocycles. The van der Waals surface area contributed by atoms with Crippen LogP contribution in [0.25, 0.3) is 44.1 Å². The lowest BCUT2D eigenvalue weighted by Gasteiger charge is -2.20. The van der Waals surface area contributed by atoms with Crippen molar-refractivity contribution in [3.8, 4) is 22.5 Å². The second-order valence-corrected chi connectivity index (χ2v) is 7.73. The third-order valence-electron chi connectivity index (χ3n) is 5.60. The highest BCUT2D eigenvalue weighted by Gasteiger charge is 2.45. The Kier molecular flexibility index (Phi) is 5.04. The van der Waals surface area contributed by atoms with Crippen molar-refractivity contribution in [2.24, 2.45) is 0 Å². The number of benzene rings is 4. The van der Waals surface area contributed by atoms with Crippen molar-refractivity contribution in [1.82, 2.24) is 10.2 Å². The average molecular weight is 468 g/mol. The van der Waals surface area contributed by atoms with Crippen molar-refractivity contribution in [2.75, 3.05) is 0 Å². The molecule has 5 rings (SSSR count). The van der Waals surface area contributed by atoms with Crippen molar-refractivity contribution >= 4 is 21.5 Å². The van der Waals surface area contributed by atoms with Crippen LogP contribution in [0.3, 0.4) is 0 Å². The van der Waals surface area contributed by atoms with Gasteiger partial charge in [0.05, 0.1) is 11.1 Å². The average Bonchev–Trinajstić information content (AvgIpc) is 2.81. The maximum Gasteiger partial charge on any atom is 0.417 e. The number of nitrogens with zero attached hydrogens (tertiary/aromatic N) is 2. The summed E-state index contributed by atoms with van der Waals surface area (Å²) in [4.78, 5) is 0. The van der Waals surface area contributed by atoms with Gasteiger partial charge in [0, 0.05) is 21.9 Å². The Bertz CT molecular complexity index is 1520. The second kappa shape index (κ2) is 7.83. The molecule has 0 spiro atoms. The molecule has 0 unspecified atom stereocenters. The van der Waals surface area contributed by atoms with Gasteiger partial charge in [-0.1, -0.05) is 66.7 Å². The Morgan fingerprint density at radius 2 is 1.09 bits per heavy atom. The fourth-order valence-electron chi connectivity index (χ4n) is 4.14. The smallest absolute Gasteiger partial charge is 0.166 e. The van der Waals surface area contributed by atoms with E-state index in [0.29, 0.717) is 28.1 Å². The molecule has 5 aromatic rings. The quantitative estimate of drug-likeness (QED) is 0.193. The molecule has 0 bridgehead atoms. The maximum atomic E-state index is 14.0. The second-order valence-electron chi connectivity index (χ2n) is 7.73. The highest BCUT2D eigenvalue weighted by molar-refractivity contribution is 6.08. The van der Waals surface area contributed by atoms with Crippen molar-refractivity contribution in [3.63, 3.8) is 0 Å². The Labute approximate surface area is 189 Å². The molecular weight excluding hydrogens is 454 g/mol. The monoisotopic (exact) mass is 468 g/mol. The number of aromatic nitrogens is 2. The summed E-state index contributed by atoms with van der Waals surface area (Å²) in [7, 11) is 0. The zero-order valence-corrected chi connectivity index (χ0v) is 17.2. The molecule has 0 fully saturated rings. The number of hydrogen-bond donors (Lipinski definition) is 0. The standard InChI is InChI=1S/C26H14F6N2/c27-25(28,29)21-12-6-11-18(22(21)26(30,31)32)24-20-14-17-10-5-4-9-16(17)13-19(20)23(33-34-24)15-7-2-1-3-8-15/h1-14H. The SMILES string of the molecule is FC(F)(F)c1cccc(-c2nnc(-c3ccccc3)c3cc4ccccc4cc23)c1C(F)(F)F. The van der Waals surface area contributed by atoms with Crippen LogP contribution in [0.5, 0.6) is 0 Å². The molecule has 0 aliphatic carbocycles. The molecule has 0 N–H and O–H groups in total. The molecule has 0 saturated carbocycles. The lowest BCUT2D eigenvalue weighted by molar-refractivity contribution is -0.161. The van der Waals surface area contributed by atoms with Crippen LogP contribution in [0.15, 0.2) is 84.9 Å². The van der Waals surface area contributed by atoms with Gasteiger partial charge in [-0.3, -0.25) is 0 Å². The van der Waals surface area contributed by atoms with Crippen LogP contribution in [0, 0.1) is 0 Å². The van der Waals surface area contributed by atoms with Gasteiger partial charge in [-0.05, 0) is 29.0 Å². The summed E-state index contributed by atoms with van der Waals surface area (Å²) in [6.45, 7) is 0. The molecule has 8 heteroatoms. The van der Waals surface area contributed by atoms with E-state index in [0.717, 1.165) is 17.5 Å². The first-order valence-electron chi connectivity index (χ1n) is 10.2. The molecule has 2 nitrogen and oxygen atoms in total. The molecule has 170 valence electrons. The number of hydrogen-bond acceptors (Lipinski definition) is 2. The first-order valence-corrected chi connectivity index (χ1v) is 10.2. The molecule has 34 heavy (non-hydrogen) atoms. The van der Waals surface area contributed by atoms with E-state index in [1.165, 1.54) is 0 Å². The van der Waals surface area contributed by atoms with Crippen LogP contribution in [0.1, 0.15) is 11.1 Å². The molecular formula is C26H14F6N2. The van der Waals surface area contributed by atoms with E-state index in [1.54, 1.807) is 54.6 Å². The van der Waals surface area contributed by atoms with Gasteiger partial charge in [0.25, 0.3) is 0 Å². The van der Waals surface area contributed by atoms with Gasteiger partial charge in [-0.15, -0.1) is 10.2 Å². The zero-order valence-electron chi connectivity index (χ0n) is 17.2. The fourth-order valence-corrected chi connectivity index (χ4v) is 4.14. The molecule has 0 amide bonds. The van der Waals surface area contributed by atoms with Crippen LogP contribution in [0.4, 0.5) is 26.3 Å². The Morgan fingerprint density at radius 1 is 0.529 bits per heavy atom. The predicted molar refractivity (Wildman–Crippen MR) is 118 cm³/mol. The first kappa shape index (κ1) is 21.9. The normalized spacial score (nSPS) is 12.4. The van der Waals surface area contributed by atoms with Gasteiger partial charge in [0.15, 0.2) is 0 Å². The molecule has 0 aliphatic heterocycles. The van der Waals surface area contributed by atoms with E-state index in [2.05, 4.69) is 10.2 Å². The van der Waals surface area contributed by atoms with E-state index >= 15 is 0 Å². The Morgan fingerprint density at radius 3 is 1.68 bits per heavy atom. The highest BCUT2D eigenvalue weighted by atomic mass is 19.4. The van der Waals surface area contributed by atoms with Gasteiger partial charge >= 0.3 is 12.4 Å². The summed E-state index contributed by atoms with van der Waals surface area (Å²) < 4.78 is 82.6. The Balaban J connectivity index is 1.91. The van der Waals surface area contributed by atoms with Gasteiger partial charge in [0.2, 0.25) is 0 Å². The van der Waals surface area contributed by atoms with E-state index in [1.807, 2.05) is 12.1 Å². The van der Waals surface area contributed by atoms with Crippen LogP contribution < -0.4 is 0 Å². The lowest BCUT2D eigenvalue weighted by atomic mass is 9.93. The minimum atomic E-state index is -5.26. The third kappa shape index (κ3) is 3.75. The van der Waals surface area contributed by atoms with Gasteiger partial charge < -0.3 is 0 Å². The van der Waals surface area contributed by atoms with Crippen molar-refractivity contribution in [1.29, 1.82) is 0 Å². The molecule has 0 radical (unpaired) electrons. The van der Waals surface area contributed by atoms with E-state index in [9.17, 15) is 26.3 Å². The Hall–Kier alpha value is -3.94. The molecule has 0 aliphatic rings. The van der Waals surface area contributed by atoms with Gasteiger partial charge in [-0.25, -0.2) is 0 Å². The van der Waals surface area contributed by atoms with E-state index < -0.39 is 29.0 Å². The van der Waals surface area contributed by atoms with E-state index in [-0.39, 0.29) is 11.1 Å². The van der Waals surface area contributed by atoms with Crippen LogP contribution >= 0.6 is 0 Å². The minimum Gasteiger partial charge on any atom is -0.166 e. The number of alkyl halides is 6. The number of rotatable bonds is 2. The van der Waals surface area contributed by atoms with Crippen LogP contribution in [0.2, 0.25) is 0 Å².